The van der Waals surface area contributed by atoms with Gasteiger partial charge in [0.05, 0.1) is 21.3 Å². The van der Waals surface area contributed by atoms with Gasteiger partial charge in [-0.25, -0.2) is 0 Å². The van der Waals surface area contributed by atoms with Crippen LogP contribution in [0.25, 0.3) is 11.1 Å². The number of hydrogen-bond donors (Lipinski definition) is 1. The number of nitrogen functional groups attached to an aromatic ring is 1. The fraction of sp³-hybridized carbons (Fsp3) is 0.200. The molecule has 0 aliphatic heterocycles. The second-order valence-corrected chi connectivity index (χ2v) is 4.03. The van der Waals surface area contributed by atoms with E-state index < -0.39 is 0 Å². The predicted molar refractivity (Wildman–Crippen MR) is 75.9 cm³/mol. The molecule has 0 bridgehead atoms. The molecule has 2 rings (SSSR count). The smallest absolute Gasteiger partial charge is 0.161 e. The van der Waals surface area contributed by atoms with Crippen LogP contribution in [0.4, 0.5) is 5.69 Å². The SMILES string of the molecule is COc1ccc(-c2cc(N)ccc2OC)cc1OC. The molecule has 2 N–H and O–H groups in total. The summed E-state index contributed by atoms with van der Waals surface area (Å²) in [7, 11) is 4.85. The summed E-state index contributed by atoms with van der Waals surface area (Å²) in [5.74, 6) is 2.13. The lowest BCUT2D eigenvalue weighted by atomic mass is 10.0. The van der Waals surface area contributed by atoms with Crippen LogP contribution in [0.5, 0.6) is 17.2 Å². The van der Waals surface area contributed by atoms with Gasteiger partial charge in [0, 0.05) is 11.3 Å². The lowest BCUT2D eigenvalue weighted by Gasteiger charge is -2.12. The largest absolute Gasteiger partial charge is 0.496 e. The molecular weight excluding hydrogens is 242 g/mol. The Bertz CT molecular complexity index is 582. The standard InChI is InChI=1S/C15H17NO3/c1-17-13-7-5-11(16)9-12(13)10-4-6-14(18-2)15(8-10)19-3/h4-9H,16H2,1-3H3. The summed E-state index contributed by atoms with van der Waals surface area (Å²) in [6, 6.07) is 11.2. The zero-order valence-electron chi connectivity index (χ0n) is 11.3. The number of methoxy groups -OCH3 is 3. The third kappa shape index (κ3) is 2.57. The summed E-state index contributed by atoms with van der Waals surface area (Å²) in [6.45, 7) is 0. The van der Waals surface area contributed by atoms with Crippen molar-refractivity contribution in [2.24, 2.45) is 0 Å². The van der Waals surface area contributed by atoms with Crippen molar-refractivity contribution in [2.75, 3.05) is 27.1 Å². The van der Waals surface area contributed by atoms with Crippen LogP contribution >= 0.6 is 0 Å². The van der Waals surface area contributed by atoms with E-state index in [9.17, 15) is 0 Å². The van der Waals surface area contributed by atoms with Crippen molar-refractivity contribution in [3.63, 3.8) is 0 Å². The van der Waals surface area contributed by atoms with Crippen LogP contribution in [0, 0.1) is 0 Å². The summed E-state index contributed by atoms with van der Waals surface area (Å²) in [6.07, 6.45) is 0. The average Bonchev–Trinajstić information content (AvgIpc) is 2.46. The van der Waals surface area contributed by atoms with Gasteiger partial charge in [-0.2, -0.15) is 0 Å². The van der Waals surface area contributed by atoms with Crippen LogP contribution in [0.15, 0.2) is 36.4 Å². The molecule has 4 nitrogen and oxygen atoms in total. The second kappa shape index (κ2) is 5.52. The first-order chi connectivity index (χ1) is 9.19. The quantitative estimate of drug-likeness (QED) is 0.858. The molecule has 2 aromatic carbocycles. The van der Waals surface area contributed by atoms with E-state index in [1.165, 1.54) is 0 Å². The van der Waals surface area contributed by atoms with Gasteiger partial charge in [0.15, 0.2) is 11.5 Å². The Morgan fingerprint density at radius 3 is 2.00 bits per heavy atom. The topological polar surface area (TPSA) is 53.7 Å². The van der Waals surface area contributed by atoms with Gasteiger partial charge < -0.3 is 19.9 Å². The molecule has 0 heterocycles. The summed E-state index contributed by atoms with van der Waals surface area (Å²) >= 11 is 0. The fourth-order valence-electron chi connectivity index (χ4n) is 1.95. The van der Waals surface area contributed by atoms with E-state index >= 15 is 0 Å². The number of benzene rings is 2. The molecule has 0 atom stereocenters. The molecule has 19 heavy (non-hydrogen) atoms. The average molecular weight is 259 g/mol. The van der Waals surface area contributed by atoms with Gasteiger partial charge in [-0.3, -0.25) is 0 Å². The Kier molecular flexibility index (Phi) is 3.80. The molecule has 0 aromatic heterocycles. The second-order valence-electron chi connectivity index (χ2n) is 4.03. The molecule has 2 aromatic rings. The highest BCUT2D eigenvalue weighted by Crippen LogP contribution is 2.37. The Morgan fingerprint density at radius 2 is 1.37 bits per heavy atom. The van der Waals surface area contributed by atoms with E-state index in [4.69, 9.17) is 19.9 Å². The third-order valence-electron chi connectivity index (χ3n) is 2.92. The van der Waals surface area contributed by atoms with E-state index in [-0.39, 0.29) is 0 Å². The van der Waals surface area contributed by atoms with E-state index in [1.54, 1.807) is 21.3 Å². The Morgan fingerprint density at radius 1 is 0.737 bits per heavy atom. The van der Waals surface area contributed by atoms with E-state index in [2.05, 4.69) is 0 Å². The highest BCUT2D eigenvalue weighted by Gasteiger charge is 2.10. The molecule has 0 aliphatic rings. The van der Waals surface area contributed by atoms with Crippen LogP contribution in [-0.2, 0) is 0 Å². The minimum atomic E-state index is 0.671. The van der Waals surface area contributed by atoms with Crippen LogP contribution in [-0.4, -0.2) is 21.3 Å². The van der Waals surface area contributed by atoms with Crippen LogP contribution in [0.2, 0.25) is 0 Å². The molecule has 0 saturated heterocycles. The van der Waals surface area contributed by atoms with Gasteiger partial charge in [0.1, 0.15) is 5.75 Å². The maximum absolute atomic E-state index is 5.83. The molecule has 0 unspecified atom stereocenters. The zero-order chi connectivity index (χ0) is 13.8. The molecule has 100 valence electrons. The van der Waals surface area contributed by atoms with Crippen molar-refractivity contribution in [3.05, 3.63) is 36.4 Å². The maximum atomic E-state index is 5.83. The van der Waals surface area contributed by atoms with E-state index in [0.29, 0.717) is 17.2 Å². The minimum absolute atomic E-state index is 0.671. The molecule has 0 spiro atoms. The number of ether oxygens (including phenoxy) is 3. The zero-order valence-corrected chi connectivity index (χ0v) is 11.3. The van der Waals surface area contributed by atoms with Crippen molar-refractivity contribution in [1.29, 1.82) is 0 Å². The van der Waals surface area contributed by atoms with Crippen LogP contribution in [0.3, 0.4) is 0 Å². The van der Waals surface area contributed by atoms with Crippen molar-refractivity contribution in [1.82, 2.24) is 0 Å². The Balaban J connectivity index is 2.55. The number of nitrogens with two attached hydrogens (primary N) is 1. The molecule has 4 heteroatoms. The third-order valence-corrected chi connectivity index (χ3v) is 2.92. The van der Waals surface area contributed by atoms with Gasteiger partial charge in [-0.1, -0.05) is 6.07 Å². The van der Waals surface area contributed by atoms with E-state index in [1.807, 2.05) is 36.4 Å². The fourth-order valence-corrected chi connectivity index (χ4v) is 1.95. The lowest BCUT2D eigenvalue weighted by molar-refractivity contribution is 0.355. The van der Waals surface area contributed by atoms with E-state index in [0.717, 1.165) is 16.9 Å². The Hall–Kier alpha value is -2.36. The van der Waals surface area contributed by atoms with Crippen molar-refractivity contribution in [3.8, 4) is 28.4 Å². The maximum Gasteiger partial charge on any atom is 0.161 e. The lowest BCUT2D eigenvalue weighted by Crippen LogP contribution is -1.93. The van der Waals surface area contributed by atoms with Gasteiger partial charge >= 0.3 is 0 Å². The van der Waals surface area contributed by atoms with Crippen LogP contribution in [0.1, 0.15) is 0 Å². The first kappa shape index (κ1) is 13.1. The van der Waals surface area contributed by atoms with Crippen molar-refractivity contribution in [2.45, 2.75) is 0 Å². The van der Waals surface area contributed by atoms with Gasteiger partial charge in [-0.05, 0) is 35.9 Å². The molecule has 0 amide bonds. The highest BCUT2D eigenvalue weighted by atomic mass is 16.5. The molecular formula is C15H17NO3. The number of hydrogen-bond acceptors (Lipinski definition) is 4. The highest BCUT2D eigenvalue weighted by molar-refractivity contribution is 5.75. The van der Waals surface area contributed by atoms with Gasteiger partial charge in [0.2, 0.25) is 0 Å². The summed E-state index contributed by atoms with van der Waals surface area (Å²) in [5, 5.41) is 0. The van der Waals surface area contributed by atoms with Crippen molar-refractivity contribution >= 4 is 5.69 Å². The first-order valence-corrected chi connectivity index (χ1v) is 5.85. The monoisotopic (exact) mass is 259 g/mol. The normalized spacial score (nSPS) is 10.1. The number of anilines is 1. The minimum Gasteiger partial charge on any atom is -0.496 e. The first-order valence-electron chi connectivity index (χ1n) is 5.85. The van der Waals surface area contributed by atoms with Gasteiger partial charge in [-0.15, -0.1) is 0 Å². The Labute approximate surface area is 112 Å². The number of rotatable bonds is 4. The summed E-state index contributed by atoms with van der Waals surface area (Å²) in [5.41, 5.74) is 8.40. The summed E-state index contributed by atoms with van der Waals surface area (Å²) in [4.78, 5) is 0. The molecule has 0 fully saturated rings. The molecule has 0 radical (unpaired) electrons. The van der Waals surface area contributed by atoms with Gasteiger partial charge in [0.25, 0.3) is 0 Å². The summed E-state index contributed by atoms with van der Waals surface area (Å²) < 4.78 is 15.9. The van der Waals surface area contributed by atoms with Crippen LogP contribution < -0.4 is 19.9 Å². The predicted octanol–water partition coefficient (Wildman–Crippen LogP) is 2.96. The molecule has 0 aliphatic carbocycles. The van der Waals surface area contributed by atoms with Crippen molar-refractivity contribution < 1.29 is 14.2 Å². The molecule has 0 saturated carbocycles.